The van der Waals surface area contributed by atoms with Crippen molar-refractivity contribution in [3.63, 3.8) is 0 Å². The zero-order valence-corrected chi connectivity index (χ0v) is 19.0. The van der Waals surface area contributed by atoms with E-state index in [0.717, 1.165) is 21.0 Å². The number of sulfonamides is 1. The van der Waals surface area contributed by atoms with Crippen LogP contribution in [0.1, 0.15) is 38.5 Å². The topological polar surface area (TPSA) is 88.1 Å². The van der Waals surface area contributed by atoms with Crippen LogP contribution in [0.3, 0.4) is 0 Å². The van der Waals surface area contributed by atoms with Crippen molar-refractivity contribution in [2.45, 2.75) is 37.5 Å². The number of nitrogens with zero attached hydrogens (tertiary/aromatic N) is 3. The normalized spacial score (nSPS) is 12.4. The van der Waals surface area contributed by atoms with Crippen molar-refractivity contribution in [2.75, 3.05) is 4.72 Å². The third kappa shape index (κ3) is 4.38. The number of pyridine rings is 1. The molecule has 7 nitrogen and oxygen atoms in total. The molecule has 0 aliphatic heterocycles. The van der Waals surface area contributed by atoms with Gasteiger partial charge in [-0.2, -0.15) is 5.10 Å². The van der Waals surface area contributed by atoms with Crippen LogP contribution in [-0.4, -0.2) is 23.4 Å². The second-order valence-electron chi connectivity index (χ2n) is 8.61. The number of alkyl halides is 2. The zero-order valence-electron chi connectivity index (χ0n) is 18.2. The summed E-state index contributed by atoms with van der Waals surface area (Å²) in [5.41, 5.74) is 0.942. The number of nitrogens with one attached hydrogen (secondary N) is 1. The molecule has 2 heterocycles. The SMILES string of the molecule is CC(C)(C)c1ccc(S(=O)(=O)Nc2cc(C(F)F)nn2-c2cccc3c2ccc[n+]3O)cc1. The molecule has 0 fully saturated rings. The Balaban J connectivity index is 1.81. The number of benzene rings is 2. The summed E-state index contributed by atoms with van der Waals surface area (Å²) < 4.78 is 57.4. The van der Waals surface area contributed by atoms with Gasteiger partial charge in [-0.1, -0.05) is 39.0 Å². The van der Waals surface area contributed by atoms with Crippen molar-refractivity contribution < 1.29 is 27.1 Å². The first-order valence-corrected chi connectivity index (χ1v) is 11.6. The van der Waals surface area contributed by atoms with E-state index in [1.54, 1.807) is 42.5 Å². The summed E-state index contributed by atoms with van der Waals surface area (Å²) in [5.74, 6) is -0.147. The fourth-order valence-corrected chi connectivity index (χ4v) is 4.52. The van der Waals surface area contributed by atoms with E-state index in [1.807, 2.05) is 20.8 Å². The van der Waals surface area contributed by atoms with E-state index < -0.39 is 22.1 Å². The molecule has 0 amide bonds. The van der Waals surface area contributed by atoms with Gasteiger partial charge in [0.2, 0.25) is 6.20 Å². The first-order valence-electron chi connectivity index (χ1n) is 10.1. The zero-order chi connectivity index (χ0) is 24.0. The molecule has 10 heteroatoms. The smallest absolute Gasteiger partial charge is 0.282 e. The lowest BCUT2D eigenvalue weighted by molar-refractivity contribution is -0.884. The average Bonchev–Trinajstić information content (AvgIpc) is 3.16. The molecule has 0 aliphatic carbocycles. The first kappa shape index (κ1) is 22.7. The highest BCUT2D eigenvalue weighted by Crippen LogP contribution is 2.29. The van der Waals surface area contributed by atoms with Gasteiger partial charge in [0, 0.05) is 22.9 Å². The van der Waals surface area contributed by atoms with Gasteiger partial charge in [-0.25, -0.2) is 21.9 Å². The van der Waals surface area contributed by atoms with E-state index in [-0.39, 0.29) is 16.1 Å². The summed E-state index contributed by atoms with van der Waals surface area (Å²) in [6, 6.07) is 15.5. The molecule has 0 atom stereocenters. The maximum absolute atomic E-state index is 13.5. The standard InChI is InChI=1S/C23H23F2N4O3S/c1-23(2,3)15-9-11-16(12-10-15)33(31,32)27-21-14-18(22(24)25)26-29(21)20-8-4-7-19-17(20)6-5-13-28(19)30/h4-14,22,27,30H,1-3H3/q+1. The highest BCUT2D eigenvalue weighted by molar-refractivity contribution is 7.92. The average molecular weight is 474 g/mol. The summed E-state index contributed by atoms with van der Waals surface area (Å²) in [5, 5.41) is 14.5. The third-order valence-corrected chi connectivity index (χ3v) is 6.62. The van der Waals surface area contributed by atoms with E-state index in [2.05, 4.69) is 9.82 Å². The third-order valence-electron chi connectivity index (χ3n) is 5.25. The van der Waals surface area contributed by atoms with Crippen LogP contribution in [0.25, 0.3) is 16.6 Å². The second kappa shape index (κ2) is 8.11. The van der Waals surface area contributed by atoms with Crippen LogP contribution < -0.4 is 9.45 Å². The quantitative estimate of drug-likeness (QED) is 0.328. The van der Waals surface area contributed by atoms with E-state index in [1.165, 1.54) is 18.3 Å². The number of hydrogen-bond donors (Lipinski definition) is 2. The number of anilines is 1. The van der Waals surface area contributed by atoms with Gasteiger partial charge in [-0.05, 0) is 35.2 Å². The van der Waals surface area contributed by atoms with Crippen LogP contribution in [0.4, 0.5) is 14.6 Å². The minimum absolute atomic E-state index is 0.00651. The minimum Gasteiger partial charge on any atom is -0.285 e. The van der Waals surface area contributed by atoms with Gasteiger partial charge in [-0.3, -0.25) is 9.93 Å². The predicted molar refractivity (Wildman–Crippen MR) is 119 cm³/mol. The monoisotopic (exact) mass is 473 g/mol. The van der Waals surface area contributed by atoms with Crippen molar-refractivity contribution in [1.29, 1.82) is 0 Å². The van der Waals surface area contributed by atoms with Crippen molar-refractivity contribution in [3.05, 3.63) is 78.1 Å². The van der Waals surface area contributed by atoms with Gasteiger partial charge >= 0.3 is 0 Å². The largest absolute Gasteiger partial charge is 0.285 e. The molecule has 4 rings (SSSR count). The second-order valence-corrected chi connectivity index (χ2v) is 10.3. The molecule has 2 aromatic carbocycles. The van der Waals surface area contributed by atoms with E-state index in [4.69, 9.17) is 0 Å². The number of aromatic nitrogens is 3. The van der Waals surface area contributed by atoms with Gasteiger partial charge in [0.15, 0.2) is 0 Å². The predicted octanol–water partition coefficient (Wildman–Crippen LogP) is 4.59. The molecule has 0 spiro atoms. The van der Waals surface area contributed by atoms with Crippen LogP contribution in [0, 0.1) is 0 Å². The lowest BCUT2D eigenvalue weighted by Gasteiger charge is -2.19. The Labute approximate surface area is 189 Å². The lowest BCUT2D eigenvalue weighted by atomic mass is 9.87. The number of fused-ring (bicyclic) bond motifs is 1. The Morgan fingerprint density at radius 1 is 1.06 bits per heavy atom. The molecular formula is C23H23F2N4O3S+. The molecule has 0 saturated heterocycles. The minimum atomic E-state index is -4.09. The molecule has 0 saturated carbocycles. The molecule has 172 valence electrons. The molecular weight excluding hydrogens is 450 g/mol. The van der Waals surface area contributed by atoms with Crippen molar-refractivity contribution in [3.8, 4) is 5.69 Å². The number of hydrogen-bond acceptors (Lipinski definition) is 4. The molecule has 4 aromatic rings. The van der Waals surface area contributed by atoms with Crippen LogP contribution >= 0.6 is 0 Å². The first-order chi connectivity index (χ1) is 15.5. The molecule has 33 heavy (non-hydrogen) atoms. The van der Waals surface area contributed by atoms with Gasteiger partial charge in [-0.15, -0.1) is 0 Å². The Kier molecular flexibility index (Phi) is 5.57. The molecule has 0 aliphatic rings. The fraction of sp³-hybridized carbons (Fsp3) is 0.217. The Bertz CT molecular complexity index is 1430. The maximum Gasteiger partial charge on any atom is 0.282 e. The van der Waals surface area contributed by atoms with Crippen LogP contribution in [-0.2, 0) is 15.4 Å². The van der Waals surface area contributed by atoms with Gasteiger partial charge < -0.3 is 0 Å². The van der Waals surface area contributed by atoms with Gasteiger partial charge in [0.1, 0.15) is 11.5 Å². The van der Waals surface area contributed by atoms with Crippen LogP contribution in [0.2, 0.25) is 0 Å². The fourth-order valence-electron chi connectivity index (χ4n) is 3.49. The summed E-state index contributed by atoms with van der Waals surface area (Å²) in [6.45, 7) is 6.04. The van der Waals surface area contributed by atoms with E-state index in [0.29, 0.717) is 16.6 Å². The molecule has 0 bridgehead atoms. The summed E-state index contributed by atoms with van der Waals surface area (Å²) in [7, 11) is -4.09. The Morgan fingerprint density at radius 2 is 1.76 bits per heavy atom. The lowest BCUT2D eigenvalue weighted by Crippen LogP contribution is -2.30. The maximum atomic E-state index is 13.5. The van der Waals surface area contributed by atoms with Crippen molar-refractivity contribution >= 4 is 26.7 Å². The Hall–Kier alpha value is -3.53. The Morgan fingerprint density at radius 3 is 2.39 bits per heavy atom. The molecule has 0 unspecified atom stereocenters. The van der Waals surface area contributed by atoms with E-state index >= 15 is 0 Å². The number of rotatable bonds is 5. The van der Waals surface area contributed by atoms with E-state index in [9.17, 15) is 22.4 Å². The number of halogens is 2. The van der Waals surface area contributed by atoms with Crippen molar-refractivity contribution in [1.82, 2.24) is 9.78 Å². The van der Waals surface area contributed by atoms with Gasteiger partial charge in [0.25, 0.3) is 22.0 Å². The van der Waals surface area contributed by atoms with Gasteiger partial charge in [0.05, 0.1) is 16.0 Å². The highest BCUT2D eigenvalue weighted by atomic mass is 32.2. The van der Waals surface area contributed by atoms with Crippen LogP contribution in [0.15, 0.2) is 71.8 Å². The van der Waals surface area contributed by atoms with Crippen LogP contribution in [0.5, 0.6) is 0 Å². The van der Waals surface area contributed by atoms with Crippen molar-refractivity contribution in [2.24, 2.45) is 0 Å². The molecule has 2 N–H and O–H groups in total. The highest BCUT2D eigenvalue weighted by Gasteiger charge is 2.24. The summed E-state index contributed by atoms with van der Waals surface area (Å²) in [6.07, 6.45) is -1.48. The summed E-state index contributed by atoms with van der Waals surface area (Å²) in [4.78, 5) is -0.00651. The molecule has 2 aromatic heterocycles. The molecule has 0 radical (unpaired) electrons. The summed E-state index contributed by atoms with van der Waals surface area (Å²) >= 11 is 0.